The molecular formula is C53H38O5S. The van der Waals surface area contributed by atoms with Crippen LogP contribution in [0.3, 0.4) is 0 Å². The van der Waals surface area contributed by atoms with Crippen molar-refractivity contribution in [2.75, 3.05) is 0 Å². The van der Waals surface area contributed by atoms with Gasteiger partial charge in [-0.25, -0.2) is 4.79 Å². The fourth-order valence-corrected chi connectivity index (χ4v) is 10.4. The molecule has 6 heteroatoms. The molecule has 0 saturated heterocycles. The van der Waals surface area contributed by atoms with E-state index >= 15 is 4.79 Å². The van der Waals surface area contributed by atoms with E-state index in [4.69, 9.17) is 18.4 Å². The van der Waals surface area contributed by atoms with Gasteiger partial charge in [-0.05, 0) is 93.4 Å². The molecule has 286 valence electrons. The highest BCUT2D eigenvalue weighted by Gasteiger charge is 2.39. The lowest BCUT2D eigenvalue weighted by atomic mass is 9.97. The molecule has 9 rings (SSSR count). The first kappa shape index (κ1) is 37.1. The second kappa shape index (κ2) is 16.9. The van der Waals surface area contributed by atoms with E-state index in [2.05, 4.69) is 24.3 Å². The van der Waals surface area contributed by atoms with Crippen LogP contribution in [-0.4, -0.2) is 5.97 Å². The van der Waals surface area contributed by atoms with Gasteiger partial charge in [0.2, 0.25) is 5.75 Å². The molecule has 9 aromatic rings. The van der Waals surface area contributed by atoms with Gasteiger partial charge in [0.05, 0.1) is 5.56 Å². The molecule has 0 bridgehead atoms. The molecule has 59 heavy (non-hydrogen) atoms. The summed E-state index contributed by atoms with van der Waals surface area (Å²) in [5.41, 5.74) is 1.44. The number of ether oxygens (including phenoxy) is 3. The van der Waals surface area contributed by atoms with E-state index in [9.17, 15) is 0 Å². The van der Waals surface area contributed by atoms with E-state index in [0.29, 0.717) is 22.8 Å². The van der Waals surface area contributed by atoms with Crippen LogP contribution in [0.15, 0.2) is 245 Å². The molecule has 0 atom stereocenters. The van der Waals surface area contributed by atoms with Gasteiger partial charge in [-0.3, -0.25) is 0 Å². The number of carbonyl (C=O) groups is 1. The second-order valence-corrected chi connectivity index (χ2v) is 16.3. The zero-order valence-electron chi connectivity index (χ0n) is 31.9. The van der Waals surface area contributed by atoms with Gasteiger partial charge in [-0.1, -0.05) is 158 Å². The molecule has 0 heterocycles. The van der Waals surface area contributed by atoms with Crippen LogP contribution in [0, 0.1) is 0 Å². The van der Waals surface area contributed by atoms with E-state index in [1.807, 2.05) is 200 Å². The Morgan fingerprint density at radius 1 is 0.407 bits per heavy atom. The molecule has 0 fully saturated rings. The number of fused-ring (bicyclic) bond motifs is 1. The lowest BCUT2D eigenvalue weighted by Gasteiger charge is -2.40. The van der Waals surface area contributed by atoms with Gasteiger partial charge in [0.25, 0.3) is 0 Å². The van der Waals surface area contributed by atoms with Crippen molar-refractivity contribution < 1.29 is 23.2 Å². The van der Waals surface area contributed by atoms with E-state index < -0.39 is 16.3 Å². The summed E-state index contributed by atoms with van der Waals surface area (Å²) in [6.07, 6.45) is 0. The van der Waals surface area contributed by atoms with Crippen LogP contribution in [0.2, 0.25) is 0 Å². The summed E-state index contributed by atoms with van der Waals surface area (Å²) in [6, 6.07) is 74.2. The Kier molecular flexibility index (Phi) is 10.6. The SMILES string of the molecule is O=C(OS(c1ccccc1)(c1ccccc1)c1cccc2ccccc12)c1cc(Oc2ccccc2)c(Oc2ccccc2)c(Oc2ccccc2)c1-c1ccccc1. The van der Waals surface area contributed by atoms with Crippen molar-refractivity contribution in [1.29, 1.82) is 0 Å². The third kappa shape index (κ3) is 7.65. The van der Waals surface area contributed by atoms with E-state index in [1.165, 1.54) is 0 Å². The molecule has 0 spiro atoms. The Hall–Kier alpha value is -7.54. The molecule has 0 amide bonds. The third-order valence-electron chi connectivity index (χ3n) is 9.79. The molecule has 0 aromatic heterocycles. The zero-order valence-corrected chi connectivity index (χ0v) is 32.7. The number of benzene rings is 9. The fraction of sp³-hybridized carbons (Fsp3) is 0. The average Bonchev–Trinajstić information content (AvgIpc) is 3.31. The summed E-state index contributed by atoms with van der Waals surface area (Å²) < 4.78 is 27.6. The molecule has 0 aliphatic carbocycles. The Labute approximate surface area is 345 Å². The van der Waals surface area contributed by atoms with Crippen molar-refractivity contribution in [3.05, 3.63) is 236 Å². The van der Waals surface area contributed by atoms with Crippen LogP contribution in [0.4, 0.5) is 0 Å². The first-order valence-electron chi connectivity index (χ1n) is 19.3. The first-order chi connectivity index (χ1) is 29.2. The predicted molar refractivity (Wildman–Crippen MR) is 236 cm³/mol. The maximum Gasteiger partial charge on any atom is 0.350 e. The standard InChI is InChI=1S/C53H38O5S/c54-53(58-59(44-32-15-5-16-33-44,45-34-17-6-18-35-45)49-37-21-25-39-22-19-20-36-46(39)49)47-38-48(55-41-26-9-2-10-27-41)51(56-42-28-11-3-12-29-42)52(57-43-30-13-4-14-31-43)50(47)40-23-7-1-8-24-40/h1-38H. The van der Waals surface area contributed by atoms with Crippen LogP contribution in [0.25, 0.3) is 21.9 Å². The minimum atomic E-state index is -2.77. The van der Waals surface area contributed by atoms with Crippen molar-refractivity contribution >= 4 is 27.1 Å². The smallest absolute Gasteiger partial charge is 0.350 e. The maximum atomic E-state index is 15.8. The largest absolute Gasteiger partial charge is 0.453 e. The van der Waals surface area contributed by atoms with Crippen molar-refractivity contribution in [2.45, 2.75) is 14.7 Å². The van der Waals surface area contributed by atoms with E-state index in [0.717, 1.165) is 31.0 Å². The van der Waals surface area contributed by atoms with Crippen LogP contribution in [-0.2, 0) is 4.18 Å². The van der Waals surface area contributed by atoms with Crippen molar-refractivity contribution in [1.82, 2.24) is 0 Å². The Morgan fingerprint density at radius 3 is 1.41 bits per heavy atom. The second-order valence-electron chi connectivity index (χ2n) is 13.6. The molecule has 0 radical (unpaired) electrons. The van der Waals surface area contributed by atoms with Crippen molar-refractivity contribution in [3.8, 4) is 45.6 Å². The lowest BCUT2D eigenvalue weighted by molar-refractivity contribution is 0.0757. The maximum absolute atomic E-state index is 15.8. The Bertz CT molecular complexity index is 2770. The minimum Gasteiger partial charge on any atom is -0.453 e. The Balaban J connectivity index is 1.34. The number of hydrogen-bond donors (Lipinski definition) is 0. The monoisotopic (exact) mass is 786 g/mol. The normalized spacial score (nSPS) is 11.4. The summed E-state index contributed by atoms with van der Waals surface area (Å²) in [7, 11) is -2.77. The molecule has 9 aromatic carbocycles. The highest BCUT2D eigenvalue weighted by molar-refractivity contribution is 8.30. The third-order valence-corrected chi connectivity index (χ3v) is 13.0. The molecular weight excluding hydrogens is 749 g/mol. The van der Waals surface area contributed by atoms with Gasteiger partial charge in [0, 0.05) is 26.3 Å². The quantitative estimate of drug-likeness (QED) is 0.123. The molecule has 0 aliphatic rings. The number of para-hydroxylation sites is 3. The number of carbonyl (C=O) groups excluding carboxylic acids is 1. The molecule has 0 N–H and O–H groups in total. The van der Waals surface area contributed by atoms with E-state index in [-0.39, 0.29) is 22.8 Å². The van der Waals surface area contributed by atoms with Gasteiger partial charge >= 0.3 is 5.97 Å². The average molecular weight is 787 g/mol. The fourth-order valence-electron chi connectivity index (χ4n) is 7.13. The highest BCUT2D eigenvalue weighted by atomic mass is 32.3. The lowest BCUT2D eigenvalue weighted by Crippen LogP contribution is -2.16. The molecule has 0 aliphatic heterocycles. The van der Waals surface area contributed by atoms with Crippen LogP contribution in [0.5, 0.6) is 34.5 Å². The van der Waals surface area contributed by atoms with Crippen LogP contribution in [0.1, 0.15) is 10.4 Å². The van der Waals surface area contributed by atoms with Crippen LogP contribution >= 0.6 is 10.3 Å². The van der Waals surface area contributed by atoms with Crippen molar-refractivity contribution in [2.24, 2.45) is 0 Å². The highest BCUT2D eigenvalue weighted by Crippen LogP contribution is 2.71. The minimum absolute atomic E-state index is 0.234. The summed E-state index contributed by atoms with van der Waals surface area (Å²) in [4.78, 5) is 18.5. The van der Waals surface area contributed by atoms with Gasteiger partial charge < -0.3 is 18.4 Å². The Morgan fingerprint density at radius 2 is 0.847 bits per heavy atom. The predicted octanol–water partition coefficient (Wildman–Crippen LogP) is 14.9. The van der Waals surface area contributed by atoms with Crippen molar-refractivity contribution in [3.63, 3.8) is 0 Å². The molecule has 0 unspecified atom stereocenters. The zero-order chi connectivity index (χ0) is 39.9. The summed E-state index contributed by atoms with van der Waals surface area (Å²) in [5.74, 6) is 1.93. The summed E-state index contributed by atoms with van der Waals surface area (Å²) >= 11 is 0. The topological polar surface area (TPSA) is 54.0 Å². The van der Waals surface area contributed by atoms with E-state index in [1.54, 1.807) is 6.07 Å². The van der Waals surface area contributed by atoms with Gasteiger partial charge in [-0.2, -0.15) is 0 Å². The molecule has 0 saturated carbocycles. The van der Waals surface area contributed by atoms with Crippen LogP contribution < -0.4 is 14.2 Å². The first-order valence-corrected chi connectivity index (χ1v) is 20.8. The molecule has 5 nitrogen and oxygen atoms in total. The van der Waals surface area contributed by atoms with Gasteiger partial charge in [-0.15, -0.1) is 0 Å². The van der Waals surface area contributed by atoms with Gasteiger partial charge in [0.15, 0.2) is 11.5 Å². The van der Waals surface area contributed by atoms with Gasteiger partial charge in [0.1, 0.15) is 17.2 Å². The number of hydrogen-bond acceptors (Lipinski definition) is 5. The number of rotatable bonds is 12. The summed E-state index contributed by atoms with van der Waals surface area (Å²) in [6.45, 7) is 0. The summed E-state index contributed by atoms with van der Waals surface area (Å²) in [5, 5.41) is 2.02.